The van der Waals surface area contributed by atoms with Crippen molar-refractivity contribution in [1.29, 1.82) is 0 Å². The van der Waals surface area contributed by atoms with Crippen LogP contribution in [-0.2, 0) is 9.36 Å². The standard InChI is InChI=1S/C3H7O4P.Na/c1-2-3(4)8(5,6)7;/h2H2,1H3,(H2,5,6,7);/q;+1/p-1. The first kappa shape index (κ1) is 12.5. The van der Waals surface area contributed by atoms with Crippen molar-refractivity contribution >= 4 is 13.1 Å². The molecule has 0 fully saturated rings. The Kier molecular flexibility index (Phi) is 6.39. The topological polar surface area (TPSA) is 77.4 Å². The number of carbonyl (C=O) groups excluding carboxylic acids is 1. The van der Waals surface area contributed by atoms with Crippen LogP contribution in [0.15, 0.2) is 0 Å². The first-order valence-corrected chi connectivity index (χ1v) is 3.63. The number of hydrogen-bond donors (Lipinski definition) is 1. The molecular weight excluding hydrogens is 154 g/mol. The SMILES string of the molecule is CCC(=O)P(=O)([O-])O.[Na+]. The predicted octanol–water partition coefficient (Wildman–Crippen LogP) is -3.53. The Labute approximate surface area is 75.1 Å². The van der Waals surface area contributed by atoms with Gasteiger partial charge in [0.2, 0.25) is 5.52 Å². The molecule has 0 radical (unpaired) electrons. The Morgan fingerprint density at radius 2 is 2.11 bits per heavy atom. The van der Waals surface area contributed by atoms with E-state index >= 15 is 0 Å². The molecular formula is C3H6NaO4P. The van der Waals surface area contributed by atoms with Crippen LogP contribution in [0.5, 0.6) is 0 Å². The van der Waals surface area contributed by atoms with Crippen molar-refractivity contribution in [2.24, 2.45) is 0 Å². The van der Waals surface area contributed by atoms with E-state index in [0.717, 1.165) is 0 Å². The van der Waals surface area contributed by atoms with Gasteiger partial charge in [0.15, 0.2) is 7.60 Å². The summed E-state index contributed by atoms with van der Waals surface area (Å²) >= 11 is 0. The molecule has 0 aromatic rings. The minimum absolute atomic E-state index is 0. The fraction of sp³-hybridized carbons (Fsp3) is 0.667. The molecule has 0 saturated heterocycles. The quantitative estimate of drug-likeness (QED) is 0.335. The first-order valence-electron chi connectivity index (χ1n) is 2.05. The average molecular weight is 160 g/mol. The maximum Gasteiger partial charge on any atom is 1.00 e. The second-order valence-corrected chi connectivity index (χ2v) is 2.81. The van der Waals surface area contributed by atoms with E-state index in [0.29, 0.717) is 0 Å². The molecule has 0 heterocycles. The molecule has 0 rings (SSSR count). The van der Waals surface area contributed by atoms with E-state index in [2.05, 4.69) is 0 Å². The minimum Gasteiger partial charge on any atom is -0.773 e. The fourth-order valence-corrected chi connectivity index (χ4v) is 0.599. The van der Waals surface area contributed by atoms with E-state index in [1.165, 1.54) is 6.92 Å². The van der Waals surface area contributed by atoms with Gasteiger partial charge in [-0.1, -0.05) is 6.92 Å². The van der Waals surface area contributed by atoms with E-state index in [9.17, 15) is 14.3 Å². The van der Waals surface area contributed by atoms with Gasteiger partial charge in [-0.3, -0.25) is 4.79 Å². The van der Waals surface area contributed by atoms with Crippen LogP contribution in [0.4, 0.5) is 0 Å². The third-order valence-corrected chi connectivity index (χ3v) is 1.56. The summed E-state index contributed by atoms with van der Waals surface area (Å²) in [6.07, 6.45) is -0.169. The Bertz CT molecular complexity index is 139. The predicted molar refractivity (Wildman–Crippen MR) is 25.1 cm³/mol. The van der Waals surface area contributed by atoms with Crippen LogP contribution in [0, 0.1) is 0 Å². The van der Waals surface area contributed by atoms with Gasteiger partial charge in [0.25, 0.3) is 0 Å². The Hall–Kier alpha value is 0.820. The summed E-state index contributed by atoms with van der Waals surface area (Å²) in [7, 11) is -4.65. The van der Waals surface area contributed by atoms with Gasteiger partial charge in [-0.05, 0) is 0 Å². The summed E-state index contributed by atoms with van der Waals surface area (Å²) in [5, 5.41) is 0. The van der Waals surface area contributed by atoms with Gasteiger partial charge in [0.1, 0.15) is 0 Å². The third kappa shape index (κ3) is 5.27. The molecule has 0 bridgehead atoms. The van der Waals surface area contributed by atoms with Crippen LogP contribution < -0.4 is 34.5 Å². The molecule has 48 valence electrons. The van der Waals surface area contributed by atoms with Crippen LogP contribution in [0.3, 0.4) is 0 Å². The molecule has 0 saturated carbocycles. The van der Waals surface area contributed by atoms with Gasteiger partial charge in [0.05, 0.1) is 0 Å². The summed E-state index contributed by atoms with van der Waals surface area (Å²) in [6.45, 7) is 1.36. The molecule has 0 aliphatic carbocycles. The van der Waals surface area contributed by atoms with Crippen molar-refractivity contribution in [1.82, 2.24) is 0 Å². The Morgan fingerprint density at radius 3 is 2.11 bits per heavy atom. The first-order chi connectivity index (χ1) is 3.48. The Balaban J connectivity index is 0. The smallest absolute Gasteiger partial charge is 0.773 e. The molecule has 1 atom stereocenters. The molecule has 0 aromatic carbocycles. The number of hydrogen-bond acceptors (Lipinski definition) is 3. The summed E-state index contributed by atoms with van der Waals surface area (Å²) in [4.78, 5) is 27.7. The molecule has 0 aliphatic rings. The van der Waals surface area contributed by atoms with Gasteiger partial charge in [-0.15, -0.1) is 0 Å². The van der Waals surface area contributed by atoms with Gasteiger partial charge in [0, 0.05) is 6.42 Å². The monoisotopic (exact) mass is 160 g/mol. The zero-order chi connectivity index (χ0) is 6.78. The van der Waals surface area contributed by atoms with Gasteiger partial charge >= 0.3 is 29.6 Å². The fourth-order valence-electron chi connectivity index (χ4n) is 0.200. The maximum atomic E-state index is 10.0. The largest absolute Gasteiger partial charge is 1.00 e. The Morgan fingerprint density at radius 1 is 1.78 bits per heavy atom. The van der Waals surface area contributed by atoms with Crippen LogP contribution in [0.25, 0.3) is 0 Å². The zero-order valence-corrected chi connectivity index (χ0v) is 8.22. The van der Waals surface area contributed by atoms with Crippen molar-refractivity contribution in [2.75, 3.05) is 0 Å². The minimum atomic E-state index is -4.65. The molecule has 0 spiro atoms. The van der Waals surface area contributed by atoms with E-state index in [-0.39, 0.29) is 36.0 Å². The normalized spacial score (nSPS) is 15.4. The molecule has 0 aliphatic heterocycles. The van der Waals surface area contributed by atoms with E-state index in [4.69, 9.17) is 4.89 Å². The van der Waals surface area contributed by atoms with Crippen molar-refractivity contribution in [3.63, 3.8) is 0 Å². The number of carbonyl (C=O) groups is 1. The number of rotatable bonds is 2. The van der Waals surface area contributed by atoms with Crippen LogP contribution >= 0.6 is 7.60 Å². The van der Waals surface area contributed by atoms with E-state index in [1.807, 2.05) is 0 Å². The second-order valence-electron chi connectivity index (χ2n) is 1.27. The van der Waals surface area contributed by atoms with Gasteiger partial charge in [-0.2, -0.15) is 0 Å². The van der Waals surface area contributed by atoms with Crippen molar-refractivity contribution in [2.45, 2.75) is 13.3 Å². The maximum absolute atomic E-state index is 10.0. The van der Waals surface area contributed by atoms with Crippen LogP contribution in [0.2, 0.25) is 0 Å². The molecule has 6 heteroatoms. The van der Waals surface area contributed by atoms with Gasteiger partial charge in [-0.25, -0.2) is 0 Å². The molecule has 4 nitrogen and oxygen atoms in total. The van der Waals surface area contributed by atoms with Crippen LogP contribution in [0.1, 0.15) is 13.3 Å². The van der Waals surface area contributed by atoms with E-state index < -0.39 is 13.1 Å². The summed E-state index contributed by atoms with van der Waals surface area (Å²) in [6, 6.07) is 0. The molecule has 9 heavy (non-hydrogen) atoms. The molecule has 0 amide bonds. The molecule has 0 aromatic heterocycles. The van der Waals surface area contributed by atoms with Gasteiger partial charge < -0.3 is 14.4 Å². The average Bonchev–Trinajstić information content (AvgIpc) is 1.62. The van der Waals surface area contributed by atoms with Crippen molar-refractivity contribution < 1.29 is 48.7 Å². The van der Waals surface area contributed by atoms with Crippen LogP contribution in [-0.4, -0.2) is 10.4 Å². The van der Waals surface area contributed by atoms with Crippen molar-refractivity contribution in [3.05, 3.63) is 0 Å². The summed E-state index contributed by atoms with van der Waals surface area (Å²) in [5.41, 5.74) is -1.11. The van der Waals surface area contributed by atoms with E-state index in [1.54, 1.807) is 0 Å². The summed E-state index contributed by atoms with van der Waals surface area (Å²) < 4.78 is 9.80. The summed E-state index contributed by atoms with van der Waals surface area (Å²) in [5.74, 6) is 0. The van der Waals surface area contributed by atoms with Crippen molar-refractivity contribution in [3.8, 4) is 0 Å². The molecule has 1 N–H and O–H groups in total. The zero-order valence-electron chi connectivity index (χ0n) is 5.33. The molecule has 1 unspecified atom stereocenters. The second kappa shape index (κ2) is 4.61. The third-order valence-electron chi connectivity index (χ3n) is 0.618.